The summed E-state index contributed by atoms with van der Waals surface area (Å²) < 4.78 is 17.9. The van der Waals surface area contributed by atoms with Crippen LogP contribution in [0.2, 0.25) is 0 Å². The molecule has 3 nitrogen and oxygen atoms in total. The monoisotopic (exact) mass is 180 g/mol. The normalized spacial score (nSPS) is 10.5. The second kappa shape index (κ2) is 2.58. The third-order valence-corrected chi connectivity index (χ3v) is 1.72. The molecule has 1 aromatic carbocycles. The van der Waals surface area contributed by atoms with Crippen molar-refractivity contribution in [3.05, 3.63) is 35.8 Å². The third kappa shape index (κ3) is 1.16. The van der Waals surface area contributed by atoms with Crippen molar-refractivity contribution in [3.8, 4) is 0 Å². The minimum atomic E-state index is -1.20. The van der Waals surface area contributed by atoms with E-state index in [4.69, 9.17) is 9.52 Å². The van der Waals surface area contributed by atoms with Gasteiger partial charge in [0.15, 0.2) is 0 Å². The zero-order valence-corrected chi connectivity index (χ0v) is 6.45. The van der Waals surface area contributed by atoms with Crippen molar-refractivity contribution in [1.82, 2.24) is 0 Å². The van der Waals surface area contributed by atoms with Crippen molar-refractivity contribution in [2.45, 2.75) is 0 Å². The maximum absolute atomic E-state index is 13.0. The van der Waals surface area contributed by atoms with Gasteiger partial charge in [-0.1, -0.05) is 6.07 Å². The van der Waals surface area contributed by atoms with Gasteiger partial charge < -0.3 is 9.52 Å². The first kappa shape index (κ1) is 7.79. The first-order chi connectivity index (χ1) is 6.18. The Morgan fingerprint density at radius 1 is 1.46 bits per heavy atom. The van der Waals surface area contributed by atoms with Gasteiger partial charge in [0.1, 0.15) is 11.4 Å². The van der Waals surface area contributed by atoms with Gasteiger partial charge in [0, 0.05) is 6.07 Å². The number of furan rings is 1. The average molecular weight is 180 g/mol. The van der Waals surface area contributed by atoms with E-state index in [2.05, 4.69) is 0 Å². The number of halogens is 1. The van der Waals surface area contributed by atoms with Crippen LogP contribution in [0.3, 0.4) is 0 Å². The van der Waals surface area contributed by atoms with Crippen LogP contribution in [0.15, 0.2) is 28.7 Å². The number of aromatic carboxylic acids is 1. The highest BCUT2D eigenvalue weighted by molar-refractivity contribution is 5.91. The molecule has 0 aliphatic rings. The second-order valence-electron chi connectivity index (χ2n) is 2.57. The minimum absolute atomic E-state index is 0.194. The number of hydrogen-bond donors (Lipinski definition) is 1. The van der Waals surface area contributed by atoms with Crippen molar-refractivity contribution in [1.29, 1.82) is 0 Å². The summed E-state index contributed by atoms with van der Waals surface area (Å²) in [6.45, 7) is 0. The average Bonchev–Trinajstić information content (AvgIpc) is 2.49. The maximum Gasteiger partial charge on any atom is 0.371 e. The molecule has 0 fully saturated rings. The number of carbonyl (C=O) groups is 1. The fourth-order valence-electron chi connectivity index (χ4n) is 1.13. The van der Waals surface area contributed by atoms with Crippen LogP contribution in [0.4, 0.5) is 4.39 Å². The zero-order chi connectivity index (χ0) is 9.42. The highest BCUT2D eigenvalue weighted by atomic mass is 19.1. The van der Waals surface area contributed by atoms with Crippen molar-refractivity contribution >= 4 is 16.9 Å². The first-order valence-electron chi connectivity index (χ1n) is 3.60. The molecule has 2 aromatic rings. The largest absolute Gasteiger partial charge is 0.475 e. The van der Waals surface area contributed by atoms with Gasteiger partial charge in [0.2, 0.25) is 5.76 Å². The summed E-state index contributed by atoms with van der Waals surface area (Å²) in [4.78, 5) is 10.5. The first-order valence-corrected chi connectivity index (χ1v) is 3.60. The number of carboxylic acids is 1. The molecule has 0 unspecified atom stereocenters. The summed E-state index contributed by atoms with van der Waals surface area (Å²) in [6.07, 6.45) is 0. The Hall–Kier alpha value is -1.84. The van der Waals surface area contributed by atoms with Crippen molar-refractivity contribution in [2.24, 2.45) is 0 Å². The Balaban J connectivity index is 2.75. The van der Waals surface area contributed by atoms with Gasteiger partial charge >= 0.3 is 5.97 Å². The Morgan fingerprint density at radius 2 is 2.23 bits per heavy atom. The Morgan fingerprint density at radius 3 is 2.85 bits per heavy atom. The van der Waals surface area contributed by atoms with Gasteiger partial charge in [-0.05, 0) is 12.1 Å². The van der Waals surface area contributed by atoms with Gasteiger partial charge in [-0.15, -0.1) is 0 Å². The molecule has 0 saturated heterocycles. The molecular weight excluding hydrogens is 175 g/mol. The van der Waals surface area contributed by atoms with Gasteiger partial charge in [-0.2, -0.15) is 0 Å². The van der Waals surface area contributed by atoms with E-state index < -0.39 is 11.8 Å². The summed E-state index contributed by atoms with van der Waals surface area (Å²) in [5.41, 5.74) is 0.248. The number of benzene rings is 1. The van der Waals surface area contributed by atoms with E-state index in [9.17, 15) is 9.18 Å². The predicted molar refractivity (Wildman–Crippen MR) is 43.1 cm³/mol. The molecule has 4 heteroatoms. The summed E-state index contributed by atoms with van der Waals surface area (Å²) in [6, 6.07) is 5.41. The van der Waals surface area contributed by atoms with E-state index in [1.54, 1.807) is 0 Å². The minimum Gasteiger partial charge on any atom is -0.475 e. The van der Waals surface area contributed by atoms with Crippen LogP contribution in [-0.2, 0) is 0 Å². The lowest BCUT2D eigenvalue weighted by Crippen LogP contribution is -1.91. The van der Waals surface area contributed by atoms with E-state index >= 15 is 0 Å². The Kier molecular flexibility index (Phi) is 1.55. The lowest BCUT2D eigenvalue weighted by atomic mass is 10.2. The van der Waals surface area contributed by atoms with Crippen LogP contribution in [0.25, 0.3) is 11.0 Å². The highest BCUT2D eigenvalue weighted by Gasteiger charge is 2.12. The van der Waals surface area contributed by atoms with E-state index in [1.807, 2.05) is 0 Å². The number of rotatable bonds is 1. The van der Waals surface area contributed by atoms with Gasteiger partial charge in [0.05, 0.1) is 5.39 Å². The van der Waals surface area contributed by atoms with Crippen LogP contribution < -0.4 is 0 Å². The molecule has 0 bridgehead atoms. The molecule has 0 spiro atoms. The van der Waals surface area contributed by atoms with Crippen LogP contribution >= 0.6 is 0 Å². The molecule has 2 rings (SSSR count). The molecule has 1 heterocycles. The Bertz CT molecular complexity index is 473. The van der Waals surface area contributed by atoms with Crippen molar-refractivity contribution < 1.29 is 18.7 Å². The van der Waals surface area contributed by atoms with Gasteiger partial charge in [-0.25, -0.2) is 9.18 Å². The predicted octanol–water partition coefficient (Wildman–Crippen LogP) is 2.27. The number of fused-ring (bicyclic) bond motifs is 1. The molecule has 0 aliphatic carbocycles. The van der Waals surface area contributed by atoms with Crippen LogP contribution in [0, 0.1) is 5.82 Å². The van der Waals surface area contributed by atoms with E-state index in [0.29, 0.717) is 0 Å². The standard InChI is InChI=1S/C9H5FO3/c10-6-2-1-3-7-5(6)4-8(13-7)9(11)12/h1-4H,(H,11,12). The molecule has 66 valence electrons. The molecule has 0 radical (unpaired) electrons. The lowest BCUT2D eigenvalue weighted by molar-refractivity contribution is 0.0665. The topological polar surface area (TPSA) is 50.4 Å². The van der Waals surface area contributed by atoms with Crippen molar-refractivity contribution in [3.63, 3.8) is 0 Å². The SMILES string of the molecule is O=C(O)c1cc2c(F)cccc2o1. The molecule has 0 atom stereocenters. The summed E-state index contributed by atoms with van der Waals surface area (Å²) >= 11 is 0. The molecule has 0 amide bonds. The van der Waals surface area contributed by atoms with Gasteiger partial charge in [-0.3, -0.25) is 0 Å². The van der Waals surface area contributed by atoms with Gasteiger partial charge in [0.25, 0.3) is 0 Å². The number of hydrogen-bond acceptors (Lipinski definition) is 2. The highest BCUT2D eigenvalue weighted by Crippen LogP contribution is 2.21. The fraction of sp³-hybridized carbons (Fsp3) is 0. The quantitative estimate of drug-likeness (QED) is 0.732. The second-order valence-corrected chi connectivity index (χ2v) is 2.57. The molecular formula is C9H5FO3. The molecule has 13 heavy (non-hydrogen) atoms. The third-order valence-electron chi connectivity index (χ3n) is 1.72. The molecule has 1 aromatic heterocycles. The summed E-state index contributed by atoms with van der Waals surface area (Å²) in [5.74, 6) is -1.93. The van der Waals surface area contributed by atoms with E-state index in [1.165, 1.54) is 24.3 Å². The van der Waals surface area contributed by atoms with Crippen molar-refractivity contribution in [2.75, 3.05) is 0 Å². The number of carboxylic acid groups (broad SMARTS) is 1. The summed E-state index contributed by atoms with van der Waals surface area (Å²) in [7, 11) is 0. The lowest BCUT2D eigenvalue weighted by Gasteiger charge is -1.87. The van der Waals surface area contributed by atoms with Crippen LogP contribution in [-0.4, -0.2) is 11.1 Å². The summed E-state index contributed by atoms with van der Waals surface area (Å²) in [5, 5.41) is 8.75. The van der Waals surface area contributed by atoms with Crippen LogP contribution in [0.5, 0.6) is 0 Å². The fourth-order valence-corrected chi connectivity index (χ4v) is 1.13. The Labute approximate surface area is 72.4 Å². The zero-order valence-electron chi connectivity index (χ0n) is 6.45. The molecule has 0 saturated carbocycles. The van der Waals surface area contributed by atoms with E-state index in [-0.39, 0.29) is 16.7 Å². The molecule has 0 aliphatic heterocycles. The van der Waals surface area contributed by atoms with Crippen LogP contribution in [0.1, 0.15) is 10.6 Å². The maximum atomic E-state index is 13.0. The smallest absolute Gasteiger partial charge is 0.371 e. The molecule has 1 N–H and O–H groups in total. The van der Waals surface area contributed by atoms with E-state index in [0.717, 1.165) is 0 Å².